The molecule has 3 atom stereocenters. The largest absolute Gasteiger partial charge is 0.496 e. The highest BCUT2D eigenvalue weighted by Gasteiger charge is 2.32. The van der Waals surface area contributed by atoms with Crippen molar-refractivity contribution in [1.29, 1.82) is 0 Å². The van der Waals surface area contributed by atoms with Crippen LogP contribution in [0.2, 0.25) is 5.02 Å². The molecule has 0 radical (unpaired) electrons. The van der Waals surface area contributed by atoms with Crippen LogP contribution in [0.4, 0.5) is 0 Å². The molecule has 1 aliphatic rings. The SMILES string of the molecule is COc1cccc(Cl)c1C(CN)N1CC(C)N(C)C(C)C1. The number of methoxy groups -OCH3 is 1. The molecular weight excluding hydrogens is 286 g/mol. The van der Waals surface area contributed by atoms with E-state index in [-0.39, 0.29) is 6.04 Å². The molecule has 0 saturated carbocycles. The summed E-state index contributed by atoms with van der Waals surface area (Å²) in [6.07, 6.45) is 0. The molecule has 1 heterocycles. The molecule has 0 aliphatic carbocycles. The van der Waals surface area contributed by atoms with Gasteiger partial charge in [0, 0.05) is 42.3 Å². The Morgan fingerprint density at radius 2 is 1.95 bits per heavy atom. The maximum absolute atomic E-state index is 6.43. The number of hydrogen-bond acceptors (Lipinski definition) is 4. The first-order chi connectivity index (χ1) is 9.99. The van der Waals surface area contributed by atoms with Crippen LogP contribution in [-0.4, -0.2) is 55.7 Å². The summed E-state index contributed by atoms with van der Waals surface area (Å²) in [7, 11) is 3.86. The quantitative estimate of drug-likeness (QED) is 0.927. The number of rotatable bonds is 4. The highest BCUT2D eigenvalue weighted by Crippen LogP contribution is 2.36. The Morgan fingerprint density at radius 3 is 2.48 bits per heavy atom. The fourth-order valence-corrected chi connectivity index (χ4v) is 3.46. The number of nitrogens with zero attached hydrogens (tertiary/aromatic N) is 2. The number of hydrogen-bond donors (Lipinski definition) is 1. The number of halogens is 1. The molecule has 1 saturated heterocycles. The molecule has 3 unspecified atom stereocenters. The van der Waals surface area contributed by atoms with Crippen molar-refractivity contribution in [3.05, 3.63) is 28.8 Å². The fraction of sp³-hybridized carbons (Fsp3) is 0.625. The van der Waals surface area contributed by atoms with Crippen LogP contribution in [-0.2, 0) is 0 Å². The molecule has 4 nitrogen and oxygen atoms in total. The predicted molar refractivity (Wildman–Crippen MR) is 88.1 cm³/mol. The Morgan fingerprint density at radius 1 is 1.33 bits per heavy atom. The molecule has 1 fully saturated rings. The van der Waals surface area contributed by atoms with Crippen molar-refractivity contribution < 1.29 is 4.74 Å². The molecule has 1 aliphatic heterocycles. The van der Waals surface area contributed by atoms with Crippen LogP contribution in [0.5, 0.6) is 5.75 Å². The van der Waals surface area contributed by atoms with E-state index >= 15 is 0 Å². The zero-order chi connectivity index (χ0) is 15.6. The molecule has 2 rings (SSSR count). The average Bonchev–Trinajstić information content (AvgIpc) is 2.46. The molecule has 0 spiro atoms. The normalized spacial score (nSPS) is 25.8. The molecule has 21 heavy (non-hydrogen) atoms. The minimum Gasteiger partial charge on any atom is -0.496 e. The summed E-state index contributed by atoms with van der Waals surface area (Å²) in [5.74, 6) is 0.817. The highest BCUT2D eigenvalue weighted by atomic mass is 35.5. The Hall–Kier alpha value is -0.810. The molecule has 0 amide bonds. The third-order valence-corrected chi connectivity index (χ3v) is 4.95. The molecule has 5 heteroatoms. The second kappa shape index (κ2) is 6.97. The standard InChI is InChI=1S/C16H26ClN3O/c1-11-9-20(10-12(2)19(11)3)14(8-18)16-13(17)6-5-7-15(16)21-4/h5-7,11-12,14H,8-10,18H2,1-4H3. The fourth-order valence-electron chi connectivity index (χ4n) is 3.17. The van der Waals surface area contributed by atoms with Crippen LogP contribution < -0.4 is 10.5 Å². The van der Waals surface area contributed by atoms with Gasteiger partial charge in [-0.1, -0.05) is 17.7 Å². The van der Waals surface area contributed by atoms with Gasteiger partial charge in [-0.05, 0) is 33.0 Å². The van der Waals surface area contributed by atoms with Crippen molar-refractivity contribution in [1.82, 2.24) is 9.80 Å². The van der Waals surface area contributed by atoms with Crippen molar-refractivity contribution in [2.24, 2.45) is 5.73 Å². The van der Waals surface area contributed by atoms with E-state index in [2.05, 4.69) is 30.7 Å². The summed E-state index contributed by atoms with van der Waals surface area (Å²) in [4.78, 5) is 4.84. The first kappa shape index (κ1) is 16.6. The first-order valence-electron chi connectivity index (χ1n) is 7.48. The smallest absolute Gasteiger partial charge is 0.125 e. The molecule has 2 N–H and O–H groups in total. The summed E-state index contributed by atoms with van der Waals surface area (Å²) in [5, 5.41) is 0.726. The molecule has 0 bridgehead atoms. The van der Waals surface area contributed by atoms with Crippen LogP contribution in [0.3, 0.4) is 0 Å². The number of ether oxygens (including phenoxy) is 1. The van der Waals surface area contributed by atoms with Gasteiger partial charge in [0.25, 0.3) is 0 Å². The van der Waals surface area contributed by atoms with E-state index in [4.69, 9.17) is 22.1 Å². The minimum atomic E-state index is 0.0900. The number of likely N-dealkylation sites (N-methyl/N-ethyl adjacent to an activating group) is 1. The number of benzene rings is 1. The van der Waals surface area contributed by atoms with Crippen molar-refractivity contribution >= 4 is 11.6 Å². The van der Waals surface area contributed by atoms with Gasteiger partial charge >= 0.3 is 0 Å². The number of nitrogens with two attached hydrogens (primary N) is 1. The first-order valence-corrected chi connectivity index (χ1v) is 7.85. The van der Waals surface area contributed by atoms with Gasteiger partial charge in [-0.3, -0.25) is 9.80 Å². The van der Waals surface area contributed by atoms with E-state index < -0.39 is 0 Å². The van der Waals surface area contributed by atoms with Gasteiger partial charge in [0.2, 0.25) is 0 Å². The maximum atomic E-state index is 6.43. The van der Waals surface area contributed by atoms with E-state index in [1.165, 1.54) is 0 Å². The number of piperazine rings is 1. The van der Waals surface area contributed by atoms with E-state index in [1.54, 1.807) is 7.11 Å². The van der Waals surface area contributed by atoms with Crippen molar-refractivity contribution in [3.63, 3.8) is 0 Å². The van der Waals surface area contributed by atoms with Gasteiger partial charge in [0.05, 0.1) is 13.2 Å². The highest BCUT2D eigenvalue weighted by molar-refractivity contribution is 6.31. The van der Waals surface area contributed by atoms with E-state index in [1.807, 2.05) is 18.2 Å². The molecule has 0 aromatic heterocycles. The summed E-state index contributed by atoms with van der Waals surface area (Å²) >= 11 is 6.43. The van der Waals surface area contributed by atoms with Crippen LogP contribution in [0.25, 0.3) is 0 Å². The zero-order valence-electron chi connectivity index (χ0n) is 13.3. The second-order valence-corrected chi connectivity index (χ2v) is 6.33. The van der Waals surface area contributed by atoms with E-state index in [0.717, 1.165) is 29.4 Å². The molecule has 1 aromatic carbocycles. The van der Waals surface area contributed by atoms with Crippen LogP contribution in [0.15, 0.2) is 18.2 Å². The zero-order valence-corrected chi connectivity index (χ0v) is 14.1. The van der Waals surface area contributed by atoms with Gasteiger partial charge in [-0.2, -0.15) is 0 Å². The lowest BCUT2D eigenvalue weighted by Gasteiger charge is -2.45. The van der Waals surface area contributed by atoms with Gasteiger partial charge in [-0.25, -0.2) is 0 Å². The Bertz CT molecular complexity index is 471. The summed E-state index contributed by atoms with van der Waals surface area (Å²) in [6.45, 7) is 7.00. The topological polar surface area (TPSA) is 41.7 Å². The Labute approximate surface area is 132 Å². The monoisotopic (exact) mass is 311 g/mol. The Kier molecular flexibility index (Phi) is 5.49. The lowest BCUT2D eigenvalue weighted by atomic mass is 10.00. The summed E-state index contributed by atoms with van der Waals surface area (Å²) in [5.41, 5.74) is 7.09. The average molecular weight is 312 g/mol. The lowest BCUT2D eigenvalue weighted by Crippen LogP contribution is -2.56. The third kappa shape index (κ3) is 3.34. The maximum Gasteiger partial charge on any atom is 0.125 e. The van der Waals surface area contributed by atoms with Gasteiger partial charge in [0.1, 0.15) is 5.75 Å². The van der Waals surface area contributed by atoms with Gasteiger partial charge in [0.15, 0.2) is 0 Å². The molecular formula is C16H26ClN3O. The van der Waals surface area contributed by atoms with Crippen LogP contribution in [0.1, 0.15) is 25.5 Å². The molecule has 1 aromatic rings. The molecule has 118 valence electrons. The summed E-state index contributed by atoms with van der Waals surface area (Å²) in [6, 6.07) is 6.85. The van der Waals surface area contributed by atoms with Crippen LogP contribution >= 0.6 is 11.6 Å². The lowest BCUT2D eigenvalue weighted by molar-refractivity contribution is 0.0346. The predicted octanol–water partition coefficient (Wildman–Crippen LogP) is 2.37. The van der Waals surface area contributed by atoms with Crippen molar-refractivity contribution in [3.8, 4) is 5.75 Å². The summed E-state index contributed by atoms with van der Waals surface area (Å²) < 4.78 is 5.50. The second-order valence-electron chi connectivity index (χ2n) is 5.92. The van der Waals surface area contributed by atoms with Crippen molar-refractivity contribution in [2.45, 2.75) is 32.0 Å². The third-order valence-electron chi connectivity index (χ3n) is 4.62. The van der Waals surface area contributed by atoms with E-state index in [0.29, 0.717) is 18.6 Å². The minimum absolute atomic E-state index is 0.0900. The van der Waals surface area contributed by atoms with Gasteiger partial charge in [-0.15, -0.1) is 0 Å². The van der Waals surface area contributed by atoms with E-state index in [9.17, 15) is 0 Å². The Balaban J connectivity index is 2.32. The van der Waals surface area contributed by atoms with Gasteiger partial charge < -0.3 is 10.5 Å². The van der Waals surface area contributed by atoms with Crippen LogP contribution in [0, 0.1) is 0 Å². The van der Waals surface area contributed by atoms with Crippen molar-refractivity contribution in [2.75, 3.05) is 33.8 Å².